The van der Waals surface area contributed by atoms with Crippen molar-refractivity contribution in [2.45, 2.75) is 6.42 Å². The van der Waals surface area contributed by atoms with Crippen molar-refractivity contribution in [1.29, 1.82) is 0 Å². The van der Waals surface area contributed by atoms with Gasteiger partial charge in [-0.1, -0.05) is 11.6 Å². The highest BCUT2D eigenvalue weighted by Gasteiger charge is 2.15. The minimum atomic E-state index is -0.221. The molecule has 0 radical (unpaired) electrons. The summed E-state index contributed by atoms with van der Waals surface area (Å²) in [5.41, 5.74) is 0.240. The molecule has 0 aliphatic rings. The summed E-state index contributed by atoms with van der Waals surface area (Å²) in [6.45, 7) is 1.48. The van der Waals surface area contributed by atoms with Gasteiger partial charge in [0.25, 0.3) is 5.91 Å². The molecule has 0 aromatic heterocycles. The predicted octanol–water partition coefficient (Wildman–Crippen LogP) is 1.73. The zero-order chi connectivity index (χ0) is 12.8. The van der Waals surface area contributed by atoms with E-state index in [0.29, 0.717) is 11.6 Å². The van der Waals surface area contributed by atoms with Gasteiger partial charge in [-0.15, -0.1) is 0 Å². The summed E-state index contributed by atoms with van der Waals surface area (Å²) < 4.78 is 0. The summed E-state index contributed by atoms with van der Waals surface area (Å²) in [5.74, 6) is -0.263. The number of carbonyl (C=O) groups excluding carboxylic acids is 1. The Morgan fingerprint density at radius 1 is 1.53 bits per heavy atom. The lowest BCUT2D eigenvalue weighted by molar-refractivity contribution is 0.0791. The van der Waals surface area contributed by atoms with Crippen LogP contribution in [0.4, 0.5) is 0 Å². The number of aromatic hydroxyl groups is 1. The van der Waals surface area contributed by atoms with E-state index in [9.17, 15) is 9.90 Å². The predicted molar refractivity (Wildman–Crippen MR) is 68.6 cm³/mol. The lowest BCUT2D eigenvalue weighted by Crippen LogP contribution is -2.29. The van der Waals surface area contributed by atoms with Crippen molar-refractivity contribution in [3.05, 3.63) is 28.8 Å². The summed E-state index contributed by atoms with van der Waals surface area (Å²) in [5, 5.41) is 13.1. The Balaban J connectivity index is 2.71. The molecular formula is C12H17ClN2O2. The Morgan fingerprint density at radius 3 is 2.88 bits per heavy atom. The summed E-state index contributed by atoms with van der Waals surface area (Å²) in [6.07, 6.45) is 0.861. The molecule has 0 fully saturated rings. The lowest BCUT2D eigenvalue weighted by atomic mass is 10.1. The SMILES string of the molecule is CNCCCN(C)C(=O)c1cc(Cl)ccc1O. The van der Waals surface area contributed by atoms with Crippen LogP contribution in [0, 0.1) is 0 Å². The quantitative estimate of drug-likeness (QED) is 0.789. The standard InChI is InChI=1S/C12H17ClN2O2/c1-14-6-3-7-15(2)12(17)10-8-9(13)4-5-11(10)16/h4-5,8,14,16H,3,6-7H2,1-2H3. The first-order valence-electron chi connectivity index (χ1n) is 5.45. The van der Waals surface area contributed by atoms with Crippen LogP contribution >= 0.6 is 11.6 Å². The van der Waals surface area contributed by atoms with Gasteiger partial charge in [-0.25, -0.2) is 0 Å². The molecule has 4 nitrogen and oxygen atoms in total. The average molecular weight is 257 g/mol. The number of hydrogen-bond donors (Lipinski definition) is 2. The molecule has 94 valence electrons. The Hall–Kier alpha value is -1.26. The van der Waals surface area contributed by atoms with E-state index >= 15 is 0 Å². The minimum absolute atomic E-state index is 0.0418. The zero-order valence-electron chi connectivity index (χ0n) is 10.0. The third-order valence-electron chi connectivity index (χ3n) is 2.46. The summed E-state index contributed by atoms with van der Waals surface area (Å²) in [4.78, 5) is 13.6. The third-order valence-corrected chi connectivity index (χ3v) is 2.69. The van der Waals surface area contributed by atoms with Crippen LogP contribution in [-0.4, -0.2) is 43.1 Å². The highest BCUT2D eigenvalue weighted by molar-refractivity contribution is 6.31. The second-order valence-electron chi connectivity index (χ2n) is 3.85. The average Bonchev–Trinajstić information content (AvgIpc) is 2.31. The third kappa shape index (κ3) is 3.91. The van der Waals surface area contributed by atoms with Crippen molar-refractivity contribution < 1.29 is 9.90 Å². The van der Waals surface area contributed by atoms with E-state index in [0.717, 1.165) is 13.0 Å². The van der Waals surface area contributed by atoms with E-state index in [-0.39, 0.29) is 17.2 Å². The van der Waals surface area contributed by atoms with Crippen molar-refractivity contribution in [2.75, 3.05) is 27.2 Å². The van der Waals surface area contributed by atoms with Crippen LogP contribution in [0.5, 0.6) is 5.75 Å². The molecule has 2 N–H and O–H groups in total. The number of carbonyl (C=O) groups is 1. The first-order valence-corrected chi connectivity index (χ1v) is 5.82. The molecule has 1 amide bonds. The van der Waals surface area contributed by atoms with Crippen LogP contribution in [0.2, 0.25) is 5.02 Å². The number of benzene rings is 1. The summed E-state index contributed by atoms with van der Waals surface area (Å²) in [7, 11) is 3.57. The topological polar surface area (TPSA) is 52.6 Å². The van der Waals surface area contributed by atoms with E-state index in [1.165, 1.54) is 12.1 Å². The molecular weight excluding hydrogens is 240 g/mol. The highest BCUT2D eigenvalue weighted by Crippen LogP contribution is 2.22. The number of amides is 1. The van der Waals surface area contributed by atoms with Gasteiger partial charge < -0.3 is 15.3 Å². The molecule has 0 aliphatic carbocycles. The van der Waals surface area contributed by atoms with Gasteiger partial charge in [-0.3, -0.25) is 4.79 Å². The van der Waals surface area contributed by atoms with Crippen LogP contribution in [-0.2, 0) is 0 Å². The minimum Gasteiger partial charge on any atom is -0.507 e. The Labute approximate surface area is 106 Å². The van der Waals surface area contributed by atoms with Crippen LogP contribution in [0.1, 0.15) is 16.8 Å². The second kappa shape index (κ2) is 6.47. The molecule has 5 heteroatoms. The molecule has 0 spiro atoms. The van der Waals surface area contributed by atoms with Crippen molar-refractivity contribution in [1.82, 2.24) is 10.2 Å². The van der Waals surface area contributed by atoms with Gasteiger partial charge >= 0.3 is 0 Å². The van der Waals surface area contributed by atoms with E-state index < -0.39 is 0 Å². The van der Waals surface area contributed by atoms with Crippen LogP contribution < -0.4 is 5.32 Å². The fraction of sp³-hybridized carbons (Fsp3) is 0.417. The van der Waals surface area contributed by atoms with Gasteiger partial charge in [-0.2, -0.15) is 0 Å². The zero-order valence-corrected chi connectivity index (χ0v) is 10.8. The smallest absolute Gasteiger partial charge is 0.257 e. The molecule has 1 aromatic carbocycles. The maximum Gasteiger partial charge on any atom is 0.257 e. The number of nitrogens with zero attached hydrogens (tertiary/aromatic N) is 1. The number of nitrogens with one attached hydrogen (secondary N) is 1. The van der Waals surface area contributed by atoms with E-state index in [1.807, 2.05) is 7.05 Å². The number of phenolic OH excluding ortho intramolecular Hbond substituents is 1. The molecule has 0 unspecified atom stereocenters. The van der Waals surface area contributed by atoms with Gasteiger partial charge in [0, 0.05) is 18.6 Å². The summed E-state index contributed by atoms with van der Waals surface area (Å²) >= 11 is 5.80. The molecule has 0 saturated carbocycles. The van der Waals surface area contributed by atoms with Crippen molar-refractivity contribution >= 4 is 17.5 Å². The molecule has 0 saturated heterocycles. The molecule has 1 aromatic rings. The van der Waals surface area contributed by atoms with E-state index in [1.54, 1.807) is 18.0 Å². The van der Waals surface area contributed by atoms with E-state index in [4.69, 9.17) is 11.6 Å². The first-order chi connectivity index (χ1) is 8.06. The normalized spacial score (nSPS) is 10.3. The second-order valence-corrected chi connectivity index (χ2v) is 4.28. The number of phenols is 1. The molecule has 0 aliphatic heterocycles. The fourth-order valence-electron chi connectivity index (χ4n) is 1.48. The monoisotopic (exact) mass is 256 g/mol. The number of hydrogen-bond acceptors (Lipinski definition) is 3. The van der Waals surface area contributed by atoms with Crippen LogP contribution in [0.3, 0.4) is 0 Å². The highest BCUT2D eigenvalue weighted by atomic mass is 35.5. The Kier molecular flexibility index (Phi) is 5.25. The molecule has 1 rings (SSSR count). The fourth-order valence-corrected chi connectivity index (χ4v) is 1.65. The van der Waals surface area contributed by atoms with Gasteiger partial charge in [0.15, 0.2) is 0 Å². The van der Waals surface area contributed by atoms with Gasteiger partial charge in [0.05, 0.1) is 5.56 Å². The van der Waals surface area contributed by atoms with Crippen LogP contribution in [0.15, 0.2) is 18.2 Å². The number of halogens is 1. The maximum absolute atomic E-state index is 12.0. The Morgan fingerprint density at radius 2 is 2.24 bits per heavy atom. The van der Waals surface area contributed by atoms with Crippen molar-refractivity contribution in [3.63, 3.8) is 0 Å². The molecule has 0 heterocycles. The lowest BCUT2D eigenvalue weighted by Gasteiger charge is -2.17. The van der Waals surface area contributed by atoms with Crippen LogP contribution in [0.25, 0.3) is 0 Å². The van der Waals surface area contributed by atoms with Gasteiger partial charge in [0.1, 0.15) is 5.75 Å². The molecule has 0 bridgehead atoms. The van der Waals surface area contributed by atoms with E-state index in [2.05, 4.69) is 5.32 Å². The number of rotatable bonds is 5. The van der Waals surface area contributed by atoms with Gasteiger partial charge in [0.2, 0.25) is 0 Å². The molecule has 0 atom stereocenters. The largest absolute Gasteiger partial charge is 0.507 e. The van der Waals surface area contributed by atoms with Gasteiger partial charge in [-0.05, 0) is 38.2 Å². The summed E-state index contributed by atoms with van der Waals surface area (Å²) in [6, 6.07) is 4.46. The van der Waals surface area contributed by atoms with Crippen molar-refractivity contribution in [2.24, 2.45) is 0 Å². The van der Waals surface area contributed by atoms with Crippen molar-refractivity contribution in [3.8, 4) is 5.75 Å². The first kappa shape index (κ1) is 13.8. The Bertz CT molecular complexity index is 396. The maximum atomic E-state index is 12.0. The molecule has 17 heavy (non-hydrogen) atoms.